The first kappa shape index (κ1) is 22.2. The monoisotopic (exact) mass is 442 g/mol. The van der Waals surface area contributed by atoms with Crippen LogP contribution in [0, 0.1) is 12.8 Å². The van der Waals surface area contributed by atoms with E-state index in [1.165, 1.54) is 5.56 Å². The number of aryl methyl sites for hydroxylation is 1. The lowest BCUT2D eigenvalue weighted by Crippen LogP contribution is -2.32. The molecule has 4 rings (SSSR count). The Labute approximate surface area is 192 Å². The molecule has 2 heterocycles. The minimum atomic E-state index is -0.438. The molecule has 1 N–H and O–H groups in total. The molecule has 0 spiro atoms. The third-order valence-corrected chi connectivity index (χ3v) is 5.16. The number of rotatable bonds is 8. The van der Waals surface area contributed by atoms with E-state index in [4.69, 9.17) is 9.26 Å². The summed E-state index contributed by atoms with van der Waals surface area (Å²) in [6.07, 6.45) is 3.35. The van der Waals surface area contributed by atoms with Crippen molar-refractivity contribution in [2.24, 2.45) is 5.92 Å². The van der Waals surface area contributed by atoms with Crippen LogP contribution < -0.4 is 10.1 Å². The Morgan fingerprint density at radius 2 is 1.94 bits per heavy atom. The molecule has 168 valence electrons. The van der Waals surface area contributed by atoms with Gasteiger partial charge < -0.3 is 14.6 Å². The second-order valence-electron chi connectivity index (χ2n) is 8.20. The number of ether oxygens (including phenoxy) is 1. The second-order valence-corrected chi connectivity index (χ2v) is 8.20. The lowest BCUT2D eigenvalue weighted by molar-refractivity contribution is 0.0913. The standard InChI is InChI=1S/C26H26N4O3/c1-17(2)23(26-29-24(30-33-26)21-10-6-12-27-15-21)28-25(31)20-9-5-11-22(14-20)32-16-19-8-4-7-18(3)13-19/h4-15,17,23H,16H2,1-3H3,(H,28,31). The van der Waals surface area contributed by atoms with Crippen molar-refractivity contribution in [1.82, 2.24) is 20.4 Å². The second kappa shape index (κ2) is 10.1. The zero-order valence-corrected chi connectivity index (χ0v) is 18.9. The van der Waals surface area contributed by atoms with Crippen molar-refractivity contribution in [3.8, 4) is 17.1 Å². The van der Waals surface area contributed by atoms with Crippen LogP contribution in [0.1, 0.15) is 47.3 Å². The van der Waals surface area contributed by atoms with Crippen LogP contribution >= 0.6 is 0 Å². The maximum absolute atomic E-state index is 13.0. The molecule has 0 saturated heterocycles. The molecule has 2 aromatic heterocycles. The van der Waals surface area contributed by atoms with Crippen LogP contribution in [0.15, 0.2) is 77.6 Å². The molecule has 33 heavy (non-hydrogen) atoms. The topological polar surface area (TPSA) is 90.1 Å². The molecule has 1 amide bonds. The summed E-state index contributed by atoms with van der Waals surface area (Å²) in [7, 11) is 0. The summed E-state index contributed by atoms with van der Waals surface area (Å²) in [6, 6.07) is 18.5. The minimum Gasteiger partial charge on any atom is -0.489 e. The Morgan fingerprint density at radius 1 is 1.09 bits per heavy atom. The third-order valence-electron chi connectivity index (χ3n) is 5.16. The first-order valence-electron chi connectivity index (χ1n) is 10.8. The van der Waals surface area contributed by atoms with E-state index in [1.807, 2.05) is 51.1 Å². The lowest BCUT2D eigenvalue weighted by Gasteiger charge is -2.18. The van der Waals surface area contributed by atoms with Crippen LogP contribution in [-0.2, 0) is 6.61 Å². The molecule has 1 unspecified atom stereocenters. The highest BCUT2D eigenvalue weighted by Crippen LogP contribution is 2.24. The first-order valence-corrected chi connectivity index (χ1v) is 10.8. The fraction of sp³-hybridized carbons (Fsp3) is 0.231. The highest BCUT2D eigenvalue weighted by Gasteiger charge is 2.25. The molecule has 0 aliphatic heterocycles. The van der Waals surface area contributed by atoms with Gasteiger partial charge in [-0.05, 0) is 48.7 Å². The number of benzene rings is 2. The Bertz CT molecular complexity index is 1220. The fourth-order valence-electron chi connectivity index (χ4n) is 3.41. The SMILES string of the molecule is Cc1cccc(COc2cccc(C(=O)NC(c3nc(-c4cccnc4)no3)C(C)C)c2)c1. The molecule has 0 fully saturated rings. The van der Waals surface area contributed by atoms with Gasteiger partial charge in [-0.3, -0.25) is 9.78 Å². The van der Waals surface area contributed by atoms with Crippen LogP contribution in [-0.4, -0.2) is 21.0 Å². The van der Waals surface area contributed by atoms with E-state index < -0.39 is 6.04 Å². The molecular formula is C26H26N4O3. The number of hydrogen-bond donors (Lipinski definition) is 1. The normalized spacial score (nSPS) is 11.9. The van der Waals surface area contributed by atoms with E-state index in [2.05, 4.69) is 26.5 Å². The maximum atomic E-state index is 13.0. The summed E-state index contributed by atoms with van der Waals surface area (Å²) in [6.45, 7) is 6.45. The third kappa shape index (κ3) is 5.63. The first-order chi connectivity index (χ1) is 16.0. The molecule has 0 aliphatic carbocycles. The lowest BCUT2D eigenvalue weighted by atomic mass is 10.0. The predicted molar refractivity (Wildman–Crippen MR) is 125 cm³/mol. The largest absolute Gasteiger partial charge is 0.489 e. The van der Waals surface area contributed by atoms with Crippen molar-refractivity contribution in [2.75, 3.05) is 0 Å². The summed E-state index contributed by atoms with van der Waals surface area (Å²) in [5.41, 5.74) is 3.50. The average Bonchev–Trinajstić information content (AvgIpc) is 3.31. The number of nitrogens with one attached hydrogen (secondary N) is 1. The van der Waals surface area contributed by atoms with Gasteiger partial charge >= 0.3 is 0 Å². The van der Waals surface area contributed by atoms with Crippen molar-refractivity contribution in [1.29, 1.82) is 0 Å². The number of pyridine rings is 1. The van der Waals surface area contributed by atoms with Gasteiger partial charge in [0.05, 0.1) is 0 Å². The predicted octanol–water partition coefficient (Wildman–Crippen LogP) is 5.15. The van der Waals surface area contributed by atoms with E-state index in [9.17, 15) is 4.79 Å². The zero-order valence-electron chi connectivity index (χ0n) is 18.9. The van der Waals surface area contributed by atoms with Gasteiger partial charge in [-0.15, -0.1) is 0 Å². The highest BCUT2D eigenvalue weighted by molar-refractivity contribution is 5.94. The number of nitrogens with zero attached hydrogens (tertiary/aromatic N) is 3. The van der Waals surface area contributed by atoms with Crippen LogP contribution in [0.2, 0.25) is 0 Å². The molecule has 2 aromatic carbocycles. The van der Waals surface area contributed by atoms with E-state index in [1.54, 1.807) is 36.7 Å². The molecule has 7 heteroatoms. The molecule has 7 nitrogen and oxygen atoms in total. The van der Waals surface area contributed by atoms with E-state index >= 15 is 0 Å². The summed E-state index contributed by atoms with van der Waals surface area (Å²) >= 11 is 0. The number of hydrogen-bond acceptors (Lipinski definition) is 6. The van der Waals surface area contributed by atoms with Crippen LogP contribution in [0.3, 0.4) is 0 Å². The minimum absolute atomic E-state index is 0.0388. The van der Waals surface area contributed by atoms with Gasteiger partial charge in [0.1, 0.15) is 18.4 Å². The van der Waals surface area contributed by atoms with Crippen molar-refractivity contribution >= 4 is 5.91 Å². The average molecular weight is 443 g/mol. The Hall–Kier alpha value is -4.00. The molecule has 0 aliphatic rings. The summed E-state index contributed by atoms with van der Waals surface area (Å²) in [5.74, 6) is 1.21. The molecule has 0 radical (unpaired) electrons. The van der Waals surface area contributed by atoms with Crippen LogP contribution in [0.4, 0.5) is 0 Å². The Morgan fingerprint density at radius 3 is 2.70 bits per heavy atom. The van der Waals surface area contributed by atoms with E-state index in [-0.39, 0.29) is 11.8 Å². The highest BCUT2D eigenvalue weighted by atomic mass is 16.5. The molecule has 0 bridgehead atoms. The summed E-state index contributed by atoms with van der Waals surface area (Å²) in [5, 5.41) is 7.06. The zero-order chi connectivity index (χ0) is 23.2. The number of carbonyl (C=O) groups is 1. The fourth-order valence-corrected chi connectivity index (χ4v) is 3.41. The number of carbonyl (C=O) groups excluding carboxylic acids is 1. The smallest absolute Gasteiger partial charge is 0.252 e. The number of aromatic nitrogens is 3. The van der Waals surface area contributed by atoms with Crippen LogP contribution in [0.25, 0.3) is 11.4 Å². The summed E-state index contributed by atoms with van der Waals surface area (Å²) < 4.78 is 11.4. The van der Waals surface area contributed by atoms with Crippen molar-refractivity contribution in [2.45, 2.75) is 33.4 Å². The van der Waals surface area contributed by atoms with Gasteiger partial charge in [0.15, 0.2) is 0 Å². The van der Waals surface area contributed by atoms with Crippen LogP contribution in [0.5, 0.6) is 5.75 Å². The summed E-state index contributed by atoms with van der Waals surface area (Å²) in [4.78, 5) is 21.6. The van der Waals surface area contributed by atoms with Gasteiger partial charge in [0.25, 0.3) is 5.91 Å². The van der Waals surface area contributed by atoms with Crippen molar-refractivity contribution in [3.63, 3.8) is 0 Å². The van der Waals surface area contributed by atoms with Gasteiger partial charge in [0.2, 0.25) is 11.7 Å². The molecule has 1 atom stereocenters. The molecule has 4 aromatic rings. The Balaban J connectivity index is 1.46. The van der Waals surface area contributed by atoms with Crippen molar-refractivity contribution < 1.29 is 14.1 Å². The van der Waals surface area contributed by atoms with E-state index in [0.29, 0.717) is 29.6 Å². The van der Waals surface area contributed by atoms with E-state index in [0.717, 1.165) is 11.1 Å². The number of amides is 1. The van der Waals surface area contributed by atoms with Crippen molar-refractivity contribution in [3.05, 3.63) is 95.6 Å². The maximum Gasteiger partial charge on any atom is 0.252 e. The Kier molecular flexibility index (Phi) is 6.78. The van der Waals surface area contributed by atoms with Gasteiger partial charge in [-0.1, -0.05) is 54.9 Å². The van der Waals surface area contributed by atoms with Gasteiger partial charge in [-0.2, -0.15) is 4.98 Å². The van der Waals surface area contributed by atoms with Gasteiger partial charge in [0, 0.05) is 23.5 Å². The quantitative estimate of drug-likeness (QED) is 0.406. The molecule has 0 saturated carbocycles. The molecular weight excluding hydrogens is 416 g/mol. The van der Waals surface area contributed by atoms with Gasteiger partial charge in [-0.25, -0.2) is 0 Å².